The number of aromatic nitrogens is 2. The number of hydrogen-bond acceptors (Lipinski definition) is 3. The van der Waals surface area contributed by atoms with Gasteiger partial charge in [-0.2, -0.15) is 0 Å². The molecule has 0 aliphatic carbocycles. The fraction of sp³-hybridized carbons (Fsp3) is 0.353. The number of rotatable bonds is 2. The number of benzene rings is 1. The molecule has 2 aromatic rings. The molecule has 2 heterocycles. The van der Waals surface area contributed by atoms with Crippen LogP contribution in [0.15, 0.2) is 49.1 Å². The normalized spacial score (nSPS) is 20.5. The molecule has 1 atom stereocenters. The second kappa shape index (κ2) is 5.28. The molecule has 4 nitrogen and oxygen atoms in total. The van der Waals surface area contributed by atoms with E-state index in [0.29, 0.717) is 11.5 Å². The third-order valence-corrected chi connectivity index (χ3v) is 4.24. The molecule has 0 unspecified atom stereocenters. The largest absolute Gasteiger partial charge is 0.337 e. The van der Waals surface area contributed by atoms with Gasteiger partial charge in [-0.15, -0.1) is 0 Å². The molecular weight excluding hydrogens is 262 g/mol. The maximum Gasteiger partial charge on any atom is 0.257 e. The number of hydrogen-bond donors (Lipinski definition) is 0. The Kier molecular flexibility index (Phi) is 3.45. The van der Waals surface area contributed by atoms with Crippen LogP contribution in [0, 0.1) is 5.41 Å². The first-order chi connectivity index (χ1) is 10.1. The summed E-state index contributed by atoms with van der Waals surface area (Å²) in [6.45, 7) is 5.93. The third-order valence-electron chi connectivity index (χ3n) is 4.24. The number of likely N-dealkylation sites (tertiary alicyclic amines) is 1. The smallest absolute Gasteiger partial charge is 0.257 e. The molecule has 1 saturated heterocycles. The molecule has 1 aliphatic heterocycles. The maximum absolute atomic E-state index is 12.6. The fourth-order valence-electron chi connectivity index (χ4n) is 3.12. The minimum atomic E-state index is 0.0158. The lowest BCUT2D eigenvalue weighted by Gasteiger charge is -2.25. The molecule has 21 heavy (non-hydrogen) atoms. The van der Waals surface area contributed by atoms with Gasteiger partial charge in [0, 0.05) is 31.4 Å². The van der Waals surface area contributed by atoms with Crippen molar-refractivity contribution in [2.24, 2.45) is 5.41 Å². The molecule has 1 amide bonds. The van der Waals surface area contributed by atoms with Crippen LogP contribution in [0.25, 0.3) is 0 Å². The maximum atomic E-state index is 12.6. The Hall–Kier alpha value is -2.23. The third kappa shape index (κ3) is 2.66. The first kappa shape index (κ1) is 13.7. The zero-order valence-electron chi connectivity index (χ0n) is 12.4. The number of carbonyl (C=O) groups is 1. The van der Waals surface area contributed by atoms with E-state index in [1.807, 2.05) is 11.0 Å². The van der Waals surface area contributed by atoms with Crippen molar-refractivity contribution in [3.63, 3.8) is 0 Å². The van der Waals surface area contributed by atoms with Gasteiger partial charge < -0.3 is 4.90 Å². The predicted molar refractivity (Wildman–Crippen MR) is 80.9 cm³/mol. The number of carbonyl (C=O) groups excluding carboxylic acids is 1. The van der Waals surface area contributed by atoms with Crippen LogP contribution in [0.5, 0.6) is 0 Å². The average molecular weight is 281 g/mol. The Bertz CT molecular complexity index is 625. The highest BCUT2D eigenvalue weighted by molar-refractivity contribution is 5.93. The quantitative estimate of drug-likeness (QED) is 0.850. The van der Waals surface area contributed by atoms with E-state index in [1.165, 1.54) is 11.9 Å². The predicted octanol–water partition coefficient (Wildman–Crippen LogP) is 2.74. The van der Waals surface area contributed by atoms with Crippen LogP contribution < -0.4 is 0 Å². The Morgan fingerprint density at radius 1 is 1.19 bits per heavy atom. The molecule has 0 saturated carbocycles. The van der Waals surface area contributed by atoms with Crippen molar-refractivity contribution in [2.45, 2.75) is 19.8 Å². The number of amides is 1. The molecule has 3 rings (SSSR count). The van der Waals surface area contributed by atoms with E-state index in [4.69, 9.17) is 0 Å². The van der Waals surface area contributed by atoms with E-state index in [1.54, 1.807) is 12.4 Å². The van der Waals surface area contributed by atoms with Crippen molar-refractivity contribution >= 4 is 5.91 Å². The summed E-state index contributed by atoms with van der Waals surface area (Å²) in [6, 6.07) is 10.4. The van der Waals surface area contributed by atoms with Crippen LogP contribution in [0.4, 0.5) is 0 Å². The van der Waals surface area contributed by atoms with Gasteiger partial charge in [0.05, 0.1) is 5.56 Å². The zero-order valence-corrected chi connectivity index (χ0v) is 12.4. The Morgan fingerprint density at radius 2 is 1.86 bits per heavy atom. The van der Waals surface area contributed by atoms with Crippen molar-refractivity contribution in [1.82, 2.24) is 14.9 Å². The summed E-state index contributed by atoms with van der Waals surface area (Å²) in [5, 5.41) is 0. The molecule has 0 spiro atoms. The van der Waals surface area contributed by atoms with E-state index >= 15 is 0 Å². The van der Waals surface area contributed by atoms with Crippen LogP contribution in [0.2, 0.25) is 0 Å². The summed E-state index contributed by atoms with van der Waals surface area (Å²) in [6.07, 6.45) is 4.60. The SMILES string of the molecule is CC1(C)CN(C(=O)c2cncnc2)C[C@H]1c1ccccc1. The molecule has 1 aromatic heterocycles. The van der Waals surface area contributed by atoms with E-state index in [2.05, 4.69) is 48.1 Å². The highest BCUT2D eigenvalue weighted by atomic mass is 16.2. The summed E-state index contributed by atoms with van der Waals surface area (Å²) >= 11 is 0. The molecular formula is C17H19N3O. The minimum absolute atomic E-state index is 0.0158. The molecule has 0 N–H and O–H groups in total. The van der Waals surface area contributed by atoms with Gasteiger partial charge in [-0.25, -0.2) is 9.97 Å². The van der Waals surface area contributed by atoms with Crippen LogP contribution in [-0.4, -0.2) is 33.9 Å². The van der Waals surface area contributed by atoms with Crippen molar-refractivity contribution in [1.29, 1.82) is 0 Å². The molecule has 4 heteroatoms. The van der Waals surface area contributed by atoms with Crippen molar-refractivity contribution in [2.75, 3.05) is 13.1 Å². The van der Waals surface area contributed by atoms with Crippen LogP contribution >= 0.6 is 0 Å². The van der Waals surface area contributed by atoms with E-state index < -0.39 is 0 Å². The summed E-state index contributed by atoms with van der Waals surface area (Å²) < 4.78 is 0. The van der Waals surface area contributed by atoms with E-state index in [9.17, 15) is 4.79 Å². The van der Waals surface area contributed by atoms with E-state index in [0.717, 1.165) is 13.1 Å². The van der Waals surface area contributed by atoms with Gasteiger partial charge in [0.15, 0.2) is 0 Å². The van der Waals surface area contributed by atoms with Gasteiger partial charge in [-0.3, -0.25) is 4.79 Å². The summed E-state index contributed by atoms with van der Waals surface area (Å²) in [5.74, 6) is 0.370. The van der Waals surface area contributed by atoms with Gasteiger partial charge in [-0.05, 0) is 11.0 Å². The van der Waals surface area contributed by atoms with Crippen LogP contribution in [-0.2, 0) is 0 Å². The summed E-state index contributed by atoms with van der Waals surface area (Å²) in [4.78, 5) is 22.3. The topological polar surface area (TPSA) is 46.1 Å². The molecule has 1 aliphatic rings. The Morgan fingerprint density at radius 3 is 2.52 bits per heavy atom. The molecule has 108 valence electrons. The van der Waals surface area contributed by atoms with Crippen molar-refractivity contribution in [3.05, 3.63) is 60.2 Å². The van der Waals surface area contributed by atoms with Crippen LogP contribution in [0.1, 0.15) is 35.7 Å². The lowest BCUT2D eigenvalue weighted by atomic mass is 9.78. The molecule has 1 aromatic carbocycles. The second-order valence-corrected chi connectivity index (χ2v) is 6.26. The lowest BCUT2D eigenvalue weighted by molar-refractivity contribution is 0.0777. The fourth-order valence-corrected chi connectivity index (χ4v) is 3.12. The summed E-state index contributed by atoms with van der Waals surface area (Å²) in [7, 11) is 0. The zero-order chi connectivity index (χ0) is 14.9. The molecule has 1 fully saturated rings. The molecule has 0 radical (unpaired) electrons. The van der Waals surface area contributed by atoms with Crippen molar-refractivity contribution in [3.8, 4) is 0 Å². The van der Waals surface area contributed by atoms with Gasteiger partial charge in [-0.1, -0.05) is 44.2 Å². The monoisotopic (exact) mass is 281 g/mol. The van der Waals surface area contributed by atoms with Gasteiger partial charge in [0.25, 0.3) is 5.91 Å². The van der Waals surface area contributed by atoms with E-state index in [-0.39, 0.29) is 11.3 Å². The highest BCUT2D eigenvalue weighted by Gasteiger charge is 2.42. The number of nitrogens with zero attached hydrogens (tertiary/aromatic N) is 3. The van der Waals surface area contributed by atoms with Crippen LogP contribution in [0.3, 0.4) is 0 Å². The van der Waals surface area contributed by atoms with Crippen molar-refractivity contribution < 1.29 is 4.79 Å². The van der Waals surface area contributed by atoms with Gasteiger partial charge >= 0.3 is 0 Å². The second-order valence-electron chi connectivity index (χ2n) is 6.26. The average Bonchev–Trinajstić information content (AvgIpc) is 2.84. The first-order valence-electron chi connectivity index (χ1n) is 7.17. The minimum Gasteiger partial charge on any atom is -0.337 e. The lowest BCUT2D eigenvalue weighted by Crippen LogP contribution is -2.30. The first-order valence-corrected chi connectivity index (χ1v) is 7.17. The Labute approximate surface area is 124 Å². The molecule has 0 bridgehead atoms. The van der Waals surface area contributed by atoms with Gasteiger partial charge in [0.1, 0.15) is 6.33 Å². The standard InChI is InChI=1S/C17H19N3O/c1-17(2)11-20(16(21)14-8-18-12-19-9-14)10-15(17)13-6-4-3-5-7-13/h3-9,12,15H,10-11H2,1-2H3/t15-/m0/s1. The highest BCUT2D eigenvalue weighted by Crippen LogP contribution is 2.42. The Balaban J connectivity index is 1.84. The van der Waals surface area contributed by atoms with Gasteiger partial charge in [0.2, 0.25) is 0 Å². The summed E-state index contributed by atoms with van der Waals surface area (Å²) in [5.41, 5.74) is 1.91.